The molecule has 0 aromatic rings. The molecule has 2 rings (SSSR count). The van der Waals surface area contributed by atoms with Crippen molar-refractivity contribution in [2.24, 2.45) is 5.92 Å². The van der Waals surface area contributed by atoms with Crippen molar-refractivity contribution >= 4 is 11.9 Å². The van der Waals surface area contributed by atoms with Crippen molar-refractivity contribution < 1.29 is 19.8 Å². The Morgan fingerprint density at radius 2 is 1.50 bits per heavy atom. The Morgan fingerprint density at radius 3 is 2.09 bits per heavy atom. The highest BCUT2D eigenvalue weighted by atomic mass is 16.4. The SMILES string of the molecule is C1CCNNCC1.O=C(O)CC(C(=O)O)C1CCCCNN1. The summed E-state index contributed by atoms with van der Waals surface area (Å²) in [7, 11) is 0. The zero-order valence-corrected chi connectivity index (χ0v) is 12.9. The summed E-state index contributed by atoms with van der Waals surface area (Å²) in [5.41, 5.74) is 12.0. The molecule has 0 amide bonds. The Labute approximate surface area is 131 Å². The van der Waals surface area contributed by atoms with Crippen molar-refractivity contribution in [3.63, 3.8) is 0 Å². The fraction of sp³-hybridized carbons (Fsp3) is 0.857. The number of hydrazine groups is 2. The first-order chi connectivity index (χ1) is 10.6. The summed E-state index contributed by atoms with van der Waals surface area (Å²) in [5.74, 6) is -3.00. The molecule has 2 atom stereocenters. The second-order valence-electron chi connectivity index (χ2n) is 5.63. The van der Waals surface area contributed by atoms with E-state index in [0.717, 1.165) is 32.5 Å². The number of aliphatic carboxylic acids is 2. The minimum atomic E-state index is -1.08. The molecule has 2 aliphatic rings. The van der Waals surface area contributed by atoms with E-state index < -0.39 is 17.9 Å². The van der Waals surface area contributed by atoms with Crippen LogP contribution in [0.3, 0.4) is 0 Å². The van der Waals surface area contributed by atoms with Gasteiger partial charge in [0, 0.05) is 25.7 Å². The van der Waals surface area contributed by atoms with Gasteiger partial charge in [0.05, 0.1) is 12.3 Å². The van der Waals surface area contributed by atoms with E-state index in [2.05, 4.69) is 21.7 Å². The van der Waals surface area contributed by atoms with E-state index >= 15 is 0 Å². The van der Waals surface area contributed by atoms with Crippen molar-refractivity contribution in [3.05, 3.63) is 0 Å². The topological polar surface area (TPSA) is 123 Å². The van der Waals surface area contributed by atoms with Crippen LogP contribution in [0.5, 0.6) is 0 Å². The molecule has 22 heavy (non-hydrogen) atoms. The van der Waals surface area contributed by atoms with Crippen LogP contribution in [0.15, 0.2) is 0 Å². The van der Waals surface area contributed by atoms with Gasteiger partial charge in [0.1, 0.15) is 0 Å². The number of hydrogen-bond acceptors (Lipinski definition) is 6. The van der Waals surface area contributed by atoms with Crippen molar-refractivity contribution in [1.29, 1.82) is 0 Å². The van der Waals surface area contributed by atoms with Crippen LogP contribution in [-0.4, -0.2) is 47.8 Å². The normalized spacial score (nSPS) is 24.1. The van der Waals surface area contributed by atoms with Crippen LogP contribution in [-0.2, 0) is 9.59 Å². The molecule has 2 aliphatic heterocycles. The maximum Gasteiger partial charge on any atom is 0.308 e. The number of nitrogens with one attached hydrogen (secondary N) is 4. The van der Waals surface area contributed by atoms with E-state index in [1.807, 2.05) is 0 Å². The summed E-state index contributed by atoms with van der Waals surface area (Å²) in [4.78, 5) is 21.4. The van der Waals surface area contributed by atoms with Gasteiger partial charge >= 0.3 is 11.9 Å². The van der Waals surface area contributed by atoms with Gasteiger partial charge in [-0.2, -0.15) is 0 Å². The lowest BCUT2D eigenvalue weighted by Gasteiger charge is -2.21. The molecule has 0 bridgehead atoms. The molecule has 2 fully saturated rings. The molecule has 0 aromatic carbocycles. The summed E-state index contributed by atoms with van der Waals surface area (Å²) < 4.78 is 0. The van der Waals surface area contributed by atoms with Crippen LogP contribution in [0.1, 0.15) is 44.9 Å². The third-order valence-corrected chi connectivity index (χ3v) is 3.78. The monoisotopic (exact) mass is 316 g/mol. The maximum absolute atomic E-state index is 10.9. The predicted molar refractivity (Wildman–Crippen MR) is 82.0 cm³/mol. The van der Waals surface area contributed by atoms with Crippen LogP contribution in [0, 0.1) is 5.92 Å². The van der Waals surface area contributed by atoms with Crippen molar-refractivity contribution in [2.75, 3.05) is 19.6 Å². The Hall–Kier alpha value is -1.22. The minimum Gasteiger partial charge on any atom is -0.481 e. The average Bonchev–Trinajstić information content (AvgIpc) is 2.92. The molecule has 8 nitrogen and oxygen atoms in total. The third kappa shape index (κ3) is 8.28. The second-order valence-corrected chi connectivity index (χ2v) is 5.63. The van der Waals surface area contributed by atoms with Gasteiger partial charge in [0.25, 0.3) is 0 Å². The Balaban J connectivity index is 0.000000287. The molecule has 0 aliphatic carbocycles. The highest BCUT2D eigenvalue weighted by molar-refractivity contribution is 5.78. The Morgan fingerprint density at radius 1 is 0.909 bits per heavy atom. The van der Waals surface area contributed by atoms with E-state index in [0.29, 0.717) is 6.42 Å². The average molecular weight is 316 g/mol. The summed E-state index contributed by atoms with van der Waals surface area (Å²) in [6, 6.07) is -0.305. The largest absolute Gasteiger partial charge is 0.481 e. The number of hydrogen-bond donors (Lipinski definition) is 6. The predicted octanol–water partition coefficient (Wildman–Crippen LogP) is 0.0731. The molecule has 2 saturated heterocycles. The van der Waals surface area contributed by atoms with Crippen LogP contribution in [0.4, 0.5) is 0 Å². The lowest BCUT2D eigenvalue weighted by atomic mass is 9.93. The fourth-order valence-electron chi connectivity index (χ4n) is 2.52. The summed E-state index contributed by atoms with van der Waals surface area (Å²) >= 11 is 0. The summed E-state index contributed by atoms with van der Waals surface area (Å²) in [6.07, 6.45) is 6.27. The van der Waals surface area contributed by atoms with Gasteiger partial charge in [-0.1, -0.05) is 12.8 Å². The van der Waals surface area contributed by atoms with E-state index in [4.69, 9.17) is 10.2 Å². The smallest absolute Gasteiger partial charge is 0.308 e. The first-order valence-electron chi connectivity index (χ1n) is 8.00. The number of rotatable bonds is 4. The van der Waals surface area contributed by atoms with Crippen molar-refractivity contribution in [2.45, 2.75) is 51.0 Å². The summed E-state index contributed by atoms with van der Waals surface area (Å²) in [6.45, 7) is 3.07. The fourth-order valence-corrected chi connectivity index (χ4v) is 2.52. The molecule has 6 N–H and O–H groups in total. The Bertz CT molecular complexity index is 313. The Kier molecular flexibility index (Phi) is 9.72. The van der Waals surface area contributed by atoms with Gasteiger partial charge in [-0.15, -0.1) is 0 Å². The van der Waals surface area contributed by atoms with Crippen molar-refractivity contribution in [3.8, 4) is 0 Å². The van der Waals surface area contributed by atoms with Gasteiger partial charge in [0.2, 0.25) is 0 Å². The molecule has 0 radical (unpaired) electrons. The molecule has 0 spiro atoms. The zero-order chi connectivity index (χ0) is 16.2. The van der Waals surface area contributed by atoms with E-state index in [1.165, 1.54) is 19.3 Å². The molecular formula is C14H28N4O4. The van der Waals surface area contributed by atoms with Crippen LogP contribution >= 0.6 is 0 Å². The molecule has 128 valence electrons. The van der Waals surface area contributed by atoms with Crippen LogP contribution in [0.2, 0.25) is 0 Å². The minimum absolute atomic E-state index is 0.305. The standard InChI is InChI=1S/C9H16N2O4.C5H12N2/c12-8(13)5-6(9(14)15)7-3-1-2-4-10-11-7;1-2-4-6-7-5-3-1/h6-7,10-11H,1-5H2,(H,12,13)(H,14,15);6-7H,1-5H2. The van der Waals surface area contributed by atoms with Crippen molar-refractivity contribution in [1.82, 2.24) is 21.7 Å². The lowest BCUT2D eigenvalue weighted by molar-refractivity contribution is -0.149. The first kappa shape index (κ1) is 18.8. The quantitative estimate of drug-likeness (QED) is 0.431. The zero-order valence-electron chi connectivity index (χ0n) is 12.9. The van der Waals surface area contributed by atoms with E-state index in [9.17, 15) is 9.59 Å². The number of carboxylic acid groups (broad SMARTS) is 2. The highest BCUT2D eigenvalue weighted by Gasteiger charge is 2.30. The highest BCUT2D eigenvalue weighted by Crippen LogP contribution is 2.16. The van der Waals surface area contributed by atoms with E-state index in [1.54, 1.807) is 0 Å². The third-order valence-electron chi connectivity index (χ3n) is 3.78. The molecular weight excluding hydrogens is 288 g/mol. The van der Waals surface area contributed by atoms with Crippen LogP contribution in [0.25, 0.3) is 0 Å². The first-order valence-corrected chi connectivity index (χ1v) is 8.00. The molecule has 0 aromatic heterocycles. The van der Waals surface area contributed by atoms with E-state index in [-0.39, 0.29) is 12.5 Å². The lowest BCUT2D eigenvalue weighted by Crippen LogP contribution is -2.46. The molecule has 0 saturated carbocycles. The number of carboxylic acids is 2. The van der Waals surface area contributed by atoms with Gasteiger partial charge in [-0.25, -0.2) is 0 Å². The molecule has 8 heteroatoms. The second kappa shape index (κ2) is 11.4. The van der Waals surface area contributed by atoms with Gasteiger partial charge in [-0.3, -0.25) is 31.3 Å². The molecule has 2 heterocycles. The number of carbonyl (C=O) groups is 2. The molecule has 2 unspecified atom stereocenters. The van der Waals surface area contributed by atoms with Gasteiger partial charge in [0.15, 0.2) is 0 Å². The summed E-state index contributed by atoms with van der Waals surface area (Å²) in [5, 5.41) is 17.6. The van der Waals surface area contributed by atoms with Gasteiger partial charge < -0.3 is 10.2 Å². The van der Waals surface area contributed by atoms with Gasteiger partial charge in [-0.05, 0) is 25.7 Å². The maximum atomic E-state index is 10.9. The van der Waals surface area contributed by atoms with Crippen LogP contribution < -0.4 is 21.7 Å².